The molecule has 1 N–H and O–H groups in total. The molecule has 0 atom stereocenters. The molecule has 0 bridgehead atoms. The summed E-state index contributed by atoms with van der Waals surface area (Å²) in [6.45, 7) is 2.01. The Morgan fingerprint density at radius 1 is 1.22 bits per heavy atom. The van der Waals surface area contributed by atoms with Gasteiger partial charge in [-0.05, 0) is 6.92 Å². The van der Waals surface area contributed by atoms with Gasteiger partial charge in [0.05, 0.1) is 11.0 Å². The zero-order chi connectivity index (χ0) is 16.0. The molecular formula is C17H14N2O4. The van der Waals surface area contributed by atoms with E-state index >= 15 is 0 Å². The highest BCUT2D eigenvalue weighted by atomic mass is 16.7. The predicted octanol–water partition coefficient (Wildman–Crippen LogP) is 2.83. The van der Waals surface area contributed by atoms with E-state index in [-0.39, 0.29) is 13.3 Å². The lowest BCUT2D eigenvalue weighted by atomic mass is 10.1. The van der Waals surface area contributed by atoms with Crippen LogP contribution in [0.2, 0.25) is 0 Å². The van der Waals surface area contributed by atoms with Crippen molar-refractivity contribution in [3.05, 3.63) is 42.0 Å². The molecule has 0 amide bonds. The maximum atomic E-state index is 11.3. The van der Waals surface area contributed by atoms with E-state index in [9.17, 15) is 9.90 Å². The van der Waals surface area contributed by atoms with Gasteiger partial charge >= 0.3 is 5.97 Å². The number of nitrogens with zero attached hydrogens (tertiary/aromatic N) is 2. The average Bonchev–Trinajstić information content (AvgIpc) is 3.10. The maximum Gasteiger partial charge on any atom is 0.323 e. The second-order valence-corrected chi connectivity index (χ2v) is 5.48. The number of aliphatic carboxylic acids is 1. The van der Waals surface area contributed by atoms with Gasteiger partial charge in [-0.2, -0.15) is 0 Å². The number of ether oxygens (including phenoxy) is 2. The van der Waals surface area contributed by atoms with E-state index in [1.54, 1.807) is 16.7 Å². The fraction of sp³-hybridized carbons (Fsp3) is 0.176. The highest BCUT2D eigenvalue weighted by Gasteiger charge is 2.20. The molecule has 3 aromatic rings. The van der Waals surface area contributed by atoms with Crippen molar-refractivity contribution in [2.45, 2.75) is 13.5 Å². The van der Waals surface area contributed by atoms with Crippen molar-refractivity contribution < 1.29 is 19.4 Å². The number of aryl methyl sites for hydroxylation is 1. The summed E-state index contributed by atoms with van der Waals surface area (Å²) in [6.07, 6.45) is 0. The fourth-order valence-electron chi connectivity index (χ4n) is 2.73. The lowest BCUT2D eigenvalue weighted by Gasteiger charge is -2.07. The van der Waals surface area contributed by atoms with Gasteiger partial charge < -0.3 is 19.1 Å². The van der Waals surface area contributed by atoms with E-state index in [1.807, 2.05) is 31.2 Å². The number of hydrogen-bond acceptors (Lipinski definition) is 4. The number of benzene rings is 2. The first kappa shape index (κ1) is 13.6. The zero-order valence-corrected chi connectivity index (χ0v) is 12.4. The van der Waals surface area contributed by atoms with Crippen molar-refractivity contribution >= 4 is 17.0 Å². The van der Waals surface area contributed by atoms with Gasteiger partial charge in [0.2, 0.25) is 6.79 Å². The van der Waals surface area contributed by atoms with E-state index in [4.69, 9.17) is 9.47 Å². The smallest absolute Gasteiger partial charge is 0.323 e. The summed E-state index contributed by atoms with van der Waals surface area (Å²) in [7, 11) is 0. The number of rotatable bonds is 3. The molecule has 1 aliphatic heterocycles. The van der Waals surface area contributed by atoms with E-state index in [0.717, 1.165) is 11.1 Å². The van der Waals surface area contributed by atoms with Crippen molar-refractivity contribution in [1.29, 1.82) is 0 Å². The summed E-state index contributed by atoms with van der Waals surface area (Å²) in [5, 5.41) is 9.25. The number of aromatic nitrogens is 2. The van der Waals surface area contributed by atoms with Crippen molar-refractivity contribution in [3.63, 3.8) is 0 Å². The third-order valence-electron chi connectivity index (χ3n) is 3.85. The predicted molar refractivity (Wildman–Crippen MR) is 83.7 cm³/mol. The van der Waals surface area contributed by atoms with Gasteiger partial charge in [-0.15, -0.1) is 0 Å². The Morgan fingerprint density at radius 3 is 2.61 bits per heavy atom. The van der Waals surface area contributed by atoms with Crippen molar-refractivity contribution in [1.82, 2.24) is 9.55 Å². The number of carboxylic acids is 1. The summed E-state index contributed by atoms with van der Waals surface area (Å²) in [5.41, 5.74) is 3.41. The molecule has 2 aromatic carbocycles. The summed E-state index contributed by atoms with van der Waals surface area (Å²) in [4.78, 5) is 15.9. The molecule has 6 heteroatoms. The molecule has 0 fully saturated rings. The molecule has 4 rings (SSSR count). The van der Waals surface area contributed by atoms with Crippen LogP contribution in [0.3, 0.4) is 0 Å². The first-order valence-electron chi connectivity index (χ1n) is 7.20. The van der Waals surface area contributed by atoms with Gasteiger partial charge in [-0.25, -0.2) is 4.98 Å². The van der Waals surface area contributed by atoms with Crippen molar-refractivity contribution in [2.75, 3.05) is 6.79 Å². The van der Waals surface area contributed by atoms with E-state index in [2.05, 4.69) is 4.98 Å². The molecule has 0 unspecified atom stereocenters. The maximum absolute atomic E-state index is 11.3. The minimum atomic E-state index is -0.921. The van der Waals surface area contributed by atoms with Crippen LogP contribution in [0.4, 0.5) is 0 Å². The Balaban J connectivity index is 1.95. The standard InChI is InChI=1S/C17H14N2O4/c1-10-2-4-11(5-3-10)17-18-12-6-14-15(23-9-22-14)7-13(12)19(17)8-16(20)21/h2-7H,8-9H2,1H3,(H,20,21). The van der Waals surface area contributed by atoms with E-state index in [1.165, 1.54) is 0 Å². The lowest BCUT2D eigenvalue weighted by Crippen LogP contribution is -2.10. The molecule has 0 radical (unpaired) electrons. The summed E-state index contributed by atoms with van der Waals surface area (Å²) < 4.78 is 12.4. The van der Waals surface area contributed by atoms with Gasteiger partial charge in [0.15, 0.2) is 11.5 Å². The molecule has 1 aromatic heterocycles. The molecule has 23 heavy (non-hydrogen) atoms. The number of hydrogen-bond donors (Lipinski definition) is 1. The quantitative estimate of drug-likeness (QED) is 0.805. The van der Waals surface area contributed by atoms with Gasteiger partial charge in [0.25, 0.3) is 0 Å². The fourth-order valence-corrected chi connectivity index (χ4v) is 2.73. The van der Waals surface area contributed by atoms with Gasteiger partial charge in [0.1, 0.15) is 12.4 Å². The summed E-state index contributed by atoms with van der Waals surface area (Å²) in [5.74, 6) is 0.939. The van der Waals surface area contributed by atoms with Crippen molar-refractivity contribution in [2.24, 2.45) is 0 Å². The topological polar surface area (TPSA) is 73.6 Å². The van der Waals surface area contributed by atoms with Gasteiger partial charge in [-0.3, -0.25) is 4.79 Å². The minimum Gasteiger partial charge on any atom is -0.480 e. The monoisotopic (exact) mass is 310 g/mol. The van der Waals surface area contributed by atoms with Crippen LogP contribution in [0, 0.1) is 6.92 Å². The van der Waals surface area contributed by atoms with E-state index < -0.39 is 5.97 Å². The van der Waals surface area contributed by atoms with Crippen LogP contribution < -0.4 is 9.47 Å². The Kier molecular flexibility index (Phi) is 2.97. The summed E-state index contributed by atoms with van der Waals surface area (Å²) >= 11 is 0. The Labute approximate surface area is 131 Å². The molecule has 0 saturated carbocycles. The lowest BCUT2D eigenvalue weighted by molar-refractivity contribution is -0.137. The molecule has 0 spiro atoms. The van der Waals surface area contributed by atoms with Crippen LogP contribution in [0.15, 0.2) is 36.4 Å². The highest BCUT2D eigenvalue weighted by molar-refractivity contribution is 5.86. The normalized spacial score (nSPS) is 12.7. The molecule has 116 valence electrons. The number of imidazole rings is 1. The van der Waals surface area contributed by atoms with E-state index in [0.29, 0.717) is 28.4 Å². The second kappa shape index (κ2) is 5.01. The third-order valence-corrected chi connectivity index (χ3v) is 3.85. The van der Waals surface area contributed by atoms with Crippen LogP contribution in [0.25, 0.3) is 22.4 Å². The second-order valence-electron chi connectivity index (χ2n) is 5.48. The number of fused-ring (bicyclic) bond motifs is 2. The first-order chi connectivity index (χ1) is 11.1. The zero-order valence-electron chi connectivity index (χ0n) is 12.4. The van der Waals surface area contributed by atoms with Crippen LogP contribution >= 0.6 is 0 Å². The van der Waals surface area contributed by atoms with Crippen LogP contribution in [-0.4, -0.2) is 27.4 Å². The summed E-state index contributed by atoms with van der Waals surface area (Å²) in [6, 6.07) is 11.4. The molecule has 6 nitrogen and oxygen atoms in total. The molecule has 0 aliphatic carbocycles. The minimum absolute atomic E-state index is 0.167. The van der Waals surface area contributed by atoms with Crippen LogP contribution in [-0.2, 0) is 11.3 Å². The molecule has 1 aliphatic rings. The van der Waals surface area contributed by atoms with Crippen LogP contribution in [0.5, 0.6) is 11.5 Å². The SMILES string of the molecule is Cc1ccc(-c2nc3cc4c(cc3n2CC(=O)O)OCO4)cc1. The Bertz CT molecular complexity index is 912. The average molecular weight is 310 g/mol. The molecular weight excluding hydrogens is 296 g/mol. The number of carbonyl (C=O) groups is 1. The third kappa shape index (κ3) is 2.28. The number of carboxylic acid groups (broad SMARTS) is 1. The van der Waals surface area contributed by atoms with Crippen molar-refractivity contribution in [3.8, 4) is 22.9 Å². The highest BCUT2D eigenvalue weighted by Crippen LogP contribution is 2.37. The Morgan fingerprint density at radius 2 is 1.91 bits per heavy atom. The molecule has 0 saturated heterocycles. The van der Waals surface area contributed by atoms with Crippen LogP contribution in [0.1, 0.15) is 5.56 Å². The van der Waals surface area contributed by atoms with Gasteiger partial charge in [-0.1, -0.05) is 29.8 Å². The molecule has 2 heterocycles. The largest absolute Gasteiger partial charge is 0.480 e. The first-order valence-corrected chi connectivity index (χ1v) is 7.20. The van der Waals surface area contributed by atoms with Gasteiger partial charge in [0, 0.05) is 17.7 Å². The Hall–Kier alpha value is -3.02.